The van der Waals surface area contributed by atoms with Crippen LogP contribution in [0.2, 0.25) is 0 Å². The molecular weight excluding hydrogens is 326 g/mol. The Bertz CT molecular complexity index is 921. The Morgan fingerprint density at radius 2 is 1.73 bits per heavy atom. The van der Waals surface area contributed by atoms with Crippen LogP contribution in [0.25, 0.3) is 10.8 Å². The van der Waals surface area contributed by atoms with E-state index in [0.717, 1.165) is 10.8 Å². The van der Waals surface area contributed by atoms with E-state index in [1.807, 2.05) is 12.1 Å². The lowest BCUT2D eigenvalue weighted by Gasteiger charge is -2.15. The van der Waals surface area contributed by atoms with Crippen LogP contribution >= 0.6 is 0 Å². The summed E-state index contributed by atoms with van der Waals surface area (Å²) < 4.78 is 49.9. The van der Waals surface area contributed by atoms with Crippen molar-refractivity contribution in [2.45, 2.75) is 17.0 Å². The predicted molar refractivity (Wildman–Crippen MR) is 82.7 cm³/mol. The highest BCUT2D eigenvalue weighted by molar-refractivity contribution is 7.92. The predicted octanol–water partition coefficient (Wildman–Crippen LogP) is 0.276. The molecule has 8 heteroatoms. The summed E-state index contributed by atoms with van der Waals surface area (Å²) in [6.45, 7) is 0. The molecule has 0 amide bonds. The van der Waals surface area contributed by atoms with E-state index in [9.17, 15) is 21.9 Å². The van der Waals surface area contributed by atoms with Gasteiger partial charge in [-0.25, -0.2) is 21.6 Å². The fourth-order valence-electron chi connectivity index (χ4n) is 2.54. The molecule has 2 N–H and O–H groups in total. The Hall–Kier alpha value is -1.48. The van der Waals surface area contributed by atoms with Gasteiger partial charge in [-0.1, -0.05) is 30.3 Å². The molecule has 2 aromatic rings. The lowest BCUT2D eigenvalue weighted by Crippen LogP contribution is -2.42. The molecule has 0 spiro atoms. The molecule has 0 saturated carbocycles. The smallest absolute Gasteiger partial charge is 0.240 e. The SMILES string of the molecule is O=S1(=O)C[C@@H](O)[C@H](NS(=O)(=O)c2ccc3ccccc3c2)C1. The second kappa shape index (κ2) is 5.31. The average Bonchev–Trinajstić information content (AvgIpc) is 2.70. The molecule has 1 aliphatic heterocycles. The van der Waals surface area contributed by atoms with E-state index in [1.54, 1.807) is 18.2 Å². The number of aliphatic hydroxyl groups excluding tert-OH is 1. The van der Waals surface area contributed by atoms with E-state index in [4.69, 9.17) is 0 Å². The van der Waals surface area contributed by atoms with Crippen LogP contribution < -0.4 is 4.72 Å². The summed E-state index contributed by atoms with van der Waals surface area (Å²) in [5.74, 6) is -0.807. The largest absolute Gasteiger partial charge is 0.390 e. The van der Waals surface area contributed by atoms with Crippen LogP contribution in [0.15, 0.2) is 47.4 Å². The van der Waals surface area contributed by atoms with Crippen molar-refractivity contribution in [2.24, 2.45) is 0 Å². The van der Waals surface area contributed by atoms with Crippen LogP contribution in [-0.2, 0) is 19.9 Å². The van der Waals surface area contributed by atoms with Crippen LogP contribution in [0.5, 0.6) is 0 Å². The molecule has 118 valence electrons. The van der Waals surface area contributed by atoms with Gasteiger partial charge in [-0.3, -0.25) is 0 Å². The first-order valence-electron chi connectivity index (χ1n) is 6.66. The molecule has 1 saturated heterocycles. The van der Waals surface area contributed by atoms with E-state index in [1.165, 1.54) is 12.1 Å². The van der Waals surface area contributed by atoms with Crippen molar-refractivity contribution in [2.75, 3.05) is 11.5 Å². The summed E-state index contributed by atoms with van der Waals surface area (Å²) in [7, 11) is -7.30. The molecule has 22 heavy (non-hydrogen) atoms. The number of rotatable bonds is 3. The van der Waals surface area contributed by atoms with Gasteiger partial charge >= 0.3 is 0 Å². The minimum atomic E-state index is -3.89. The fraction of sp³-hybridized carbons (Fsp3) is 0.286. The molecule has 6 nitrogen and oxygen atoms in total. The van der Waals surface area contributed by atoms with Crippen LogP contribution in [0.4, 0.5) is 0 Å². The second-order valence-electron chi connectivity index (χ2n) is 5.38. The average molecular weight is 341 g/mol. The molecule has 0 bridgehead atoms. The van der Waals surface area contributed by atoms with Gasteiger partial charge in [-0.15, -0.1) is 0 Å². The third-order valence-corrected chi connectivity index (χ3v) is 6.86. The molecule has 1 heterocycles. The third-order valence-electron chi connectivity index (χ3n) is 3.66. The zero-order valence-electron chi connectivity index (χ0n) is 11.5. The number of benzene rings is 2. The van der Waals surface area contributed by atoms with Crippen LogP contribution in [0, 0.1) is 0 Å². The maximum Gasteiger partial charge on any atom is 0.240 e. The molecule has 0 aliphatic carbocycles. The summed E-state index contributed by atoms with van der Waals surface area (Å²) in [5, 5.41) is 11.4. The highest BCUT2D eigenvalue weighted by Gasteiger charge is 2.38. The number of nitrogens with one attached hydrogen (secondary N) is 1. The molecule has 0 aromatic heterocycles. The van der Waals surface area contributed by atoms with Crippen LogP contribution in [-0.4, -0.2) is 45.6 Å². The number of hydrogen-bond donors (Lipinski definition) is 2. The summed E-state index contributed by atoms with van der Waals surface area (Å²) in [5.41, 5.74) is 0. The Labute approximate surface area is 128 Å². The van der Waals surface area contributed by atoms with Crippen molar-refractivity contribution in [3.05, 3.63) is 42.5 Å². The Balaban J connectivity index is 1.92. The van der Waals surface area contributed by atoms with Gasteiger partial charge in [-0.2, -0.15) is 0 Å². The maximum atomic E-state index is 12.4. The molecule has 1 fully saturated rings. The number of fused-ring (bicyclic) bond motifs is 1. The van der Waals surface area contributed by atoms with E-state index in [-0.39, 0.29) is 10.6 Å². The van der Waals surface area contributed by atoms with Gasteiger partial charge in [0.1, 0.15) is 0 Å². The van der Waals surface area contributed by atoms with E-state index >= 15 is 0 Å². The molecule has 2 atom stereocenters. The molecule has 1 aliphatic rings. The topological polar surface area (TPSA) is 101 Å². The first kappa shape index (κ1) is 15.4. The van der Waals surface area contributed by atoms with Crippen molar-refractivity contribution >= 4 is 30.6 Å². The number of sulfone groups is 1. The minimum Gasteiger partial charge on any atom is -0.390 e. The van der Waals surface area contributed by atoms with E-state index < -0.39 is 37.8 Å². The first-order valence-corrected chi connectivity index (χ1v) is 9.97. The van der Waals surface area contributed by atoms with Gasteiger partial charge in [0.25, 0.3) is 0 Å². The van der Waals surface area contributed by atoms with Gasteiger partial charge < -0.3 is 5.11 Å². The van der Waals surface area contributed by atoms with Gasteiger partial charge in [0.2, 0.25) is 10.0 Å². The minimum absolute atomic E-state index is 0.0442. The van der Waals surface area contributed by atoms with Gasteiger partial charge in [0.15, 0.2) is 9.84 Å². The van der Waals surface area contributed by atoms with Crippen molar-refractivity contribution < 1.29 is 21.9 Å². The van der Waals surface area contributed by atoms with Crippen molar-refractivity contribution in [3.8, 4) is 0 Å². The molecule has 2 aromatic carbocycles. The van der Waals surface area contributed by atoms with Gasteiger partial charge in [0, 0.05) is 0 Å². The standard InChI is InChI=1S/C14H15NO5S2/c16-14-9-21(17,18)8-13(14)15-22(19,20)12-6-5-10-3-1-2-4-11(10)7-12/h1-7,13-16H,8-9H2/t13-,14-/m1/s1. The first-order chi connectivity index (χ1) is 10.3. The zero-order chi connectivity index (χ0) is 16.0. The summed E-state index contributed by atoms with van der Waals surface area (Å²) >= 11 is 0. The van der Waals surface area contributed by atoms with E-state index in [2.05, 4.69) is 4.72 Å². The quantitative estimate of drug-likeness (QED) is 0.835. The summed E-state index contributed by atoms with van der Waals surface area (Å²) in [4.78, 5) is 0.0442. The monoisotopic (exact) mass is 341 g/mol. The molecule has 3 rings (SSSR count). The van der Waals surface area contributed by atoms with Gasteiger partial charge in [0.05, 0.1) is 28.5 Å². The van der Waals surface area contributed by atoms with Crippen molar-refractivity contribution in [3.63, 3.8) is 0 Å². The maximum absolute atomic E-state index is 12.4. The summed E-state index contributed by atoms with van der Waals surface area (Å²) in [6, 6.07) is 11.0. The molecule has 0 radical (unpaired) electrons. The fourth-order valence-corrected chi connectivity index (χ4v) is 5.69. The lowest BCUT2D eigenvalue weighted by atomic mass is 10.1. The molecule has 0 unspecified atom stereocenters. The Kier molecular flexibility index (Phi) is 3.72. The van der Waals surface area contributed by atoms with Gasteiger partial charge in [-0.05, 0) is 22.9 Å². The van der Waals surface area contributed by atoms with Crippen molar-refractivity contribution in [1.82, 2.24) is 4.72 Å². The van der Waals surface area contributed by atoms with E-state index in [0.29, 0.717) is 0 Å². The number of sulfonamides is 1. The Morgan fingerprint density at radius 1 is 1.05 bits per heavy atom. The Morgan fingerprint density at radius 3 is 2.36 bits per heavy atom. The second-order valence-corrected chi connectivity index (χ2v) is 9.25. The molecular formula is C14H15NO5S2. The summed E-state index contributed by atoms with van der Waals surface area (Å²) in [6.07, 6.45) is -1.22. The van der Waals surface area contributed by atoms with Crippen molar-refractivity contribution in [1.29, 1.82) is 0 Å². The normalized spacial score (nSPS) is 24.6. The highest BCUT2D eigenvalue weighted by atomic mass is 32.2. The lowest BCUT2D eigenvalue weighted by molar-refractivity contribution is 0.176. The third kappa shape index (κ3) is 3.00. The number of hydrogen-bond acceptors (Lipinski definition) is 5. The van der Waals surface area contributed by atoms with Crippen LogP contribution in [0.3, 0.4) is 0 Å². The van der Waals surface area contributed by atoms with Crippen LogP contribution in [0.1, 0.15) is 0 Å². The highest BCUT2D eigenvalue weighted by Crippen LogP contribution is 2.21. The zero-order valence-corrected chi connectivity index (χ0v) is 13.1. The number of aliphatic hydroxyl groups is 1.